The third kappa shape index (κ3) is 6.42. The fourth-order valence-corrected chi connectivity index (χ4v) is 3.58. The Kier molecular flexibility index (Phi) is 8.22. The van der Waals surface area contributed by atoms with Crippen LogP contribution in [-0.2, 0) is 13.0 Å². The second-order valence-electron chi connectivity index (χ2n) is 7.71. The molecule has 0 aliphatic rings. The van der Waals surface area contributed by atoms with Crippen LogP contribution < -0.4 is 10.1 Å². The maximum absolute atomic E-state index is 10.8. The Balaban J connectivity index is 1.57. The first-order valence-electron chi connectivity index (χ1n) is 10.7. The fraction of sp³-hybridized carbons (Fsp3) is 0.214. The van der Waals surface area contributed by atoms with Crippen LogP contribution in [0.25, 0.3) is 12.2 Å². The Labute approximate surface area is 185 Å². The lowest BCUT2D eigenvalue weighted by atomic mass is 9.99. The van der Waals surface area contributed by atoms with Crippen LogP contribution in [0.1, 0.15) is 40.8 Å². The third-order valence-electron chi connectivity index (χ3n) is 5.31. The maximum atomic E-state index is 10.8. The van der Waals surface area contributed by atoms with E-state index in [1.165, 1.54) is 5.56 Å². The molecule has 2 unspecified atom stereocenters. The molecule has 3 aromatic rings. The molecule has 3 rings (SSSR count). The van der Waals surface area contributed by atoms with Gasteiger partial charge in [0.2, 0.25) is 0 Å². The Bertz CT molecular complexity index is 997. The lowest BCUT2D eigenvalue weighted by Gasteiger charge is -2.20. The van der Waals surface area contributed by atoms with Crippen molar-refractivity contribution in [1.29, 1.82) is 0 Å². The van der Waals surface area contributed by atoms with Gasteiger partial charge in [0, 0.05) is 18.2 Å². The fourth-order valence-electron chi connectivity index (χ4n) is 3.58. The second-order valence-corrected chi connectivity index (χ2v) is 7.71. The molecule has 3 aromatic carbocycles. The van der Waals surface area contributed by atoms with Gasteiger partial charge in [-0.3, -0.25) is 0 Å². The first kappa shape index (κ1) is 22.5. The number of aliphatic hydroxyl groups excluding tert-OH is 1. The molecule has 31 heavy (non-hydrogen) atoms. The first-order chi connectivity index (χ1) is 15.1. The van der Waals surface area contributed by atoms with Crippen LogP contribution in [0.4, 0.5) is 0 Å². The predicted molar refractivity (Wildman–Crippen MR) is 130 cm³/mol. The zero-order chi connectivity index (χ0) is 22.1. The normalized spacial score (nSPS) is 12.7. The second kappa shape index (κ2) is 11.3. The molecule has 0 bridgehead atoms. The smallest absolute Gasteiger partial charge is 0.125 e. The van der Waals surface area contributed by atoms with E-state index in [1.807, 2.05) is 66.7 Å². The monoisotopic (exact) mass is 413 g/mol. The molecule has 3 nitrogen and oxygen atoms in total. The van der Waals surface area contributed by atoms with E-state index in [2.05, 4.69) is 43.6 Å². The first-order valence-corrected chi connectivity index (χ1v) is 10.7. The van der Waals surface area contributed by atoms with E-state index in [4.69, 9.17) is 4.74 Å². The van der Waals surface area contributed by atoms with Crippen LogP contribution in [-0.4, -0.2) is 17.7 Å². The van der Waals surface area contributed by atoms with Gasteiger partial charge in [0.15, 0.2) is 0 Å². The van der Waals surface area contributed by atoms with Gasteiger partial charge < -0.3 is 15.2 Å². The lowest BCUT2D eigenvalue weighted by Crippen LogP contribution is -2.32. The van der Waals surface area contributed by atoms with E-state index in [-0.39, 0.29) is 6.04 Å². The summed E-state index contributed by atoms with van der Waals surface area (Å²) in [4.78, 5) is 0. The van der Waals surface area contributed by atoms with Gasteiger partial charge in [0.05, 0.1) is 6.10 Å². The zero-order valence-electron chi connectivity index (χ0n) is 18.1. The third-order valence-corrected chi connectivity index (χ3v) is 5.31. The van der Waals surface area contributed by atoms with Gasteiger partial charge in [-0.15, -0.1) is 0 Å². The number of ether oxygens (including phenoxy) is 1. The van der Waals surface area contributed by atoms with Crippen molar-refractivity contribution in [3.05, 3.63) is 114 Å². The number of benzene rings is 3. The average molecular weight is 414 g/mol. The summed E-state index contributed by atoms with van der Waals surface area (Å²) in [6, 6.07) is 24.2. The number of nitrogens with one attached hydrogen (secondary N) is 1. The molecule has 2 N–H and O–H groups in total. The van der Waals surface area contributed by atoms with Crippen molar-refractivity contribution in [2.45, 2.75) is 32.1 Å². The largest absolute Gasteiger partial charge is 0.489 e. The minimum Gasteiger partial charge on any atom is -0.489 e. The number of hydrogen-bond acceptors (Lipinski definition) is 3. The molecule has 2 atom stereocenters. The maximum Gasteiger partial charge on any atom is 0.125 e. The summed E-state index contributed by atoms with van der Waals surface area (Å²) in [7, 11) is 0. The molecule has 0 radical (unpaired) electrons. The van der Waals surface area contributed by atoms with E-state index >= 15 is 0 Å². The van der Waals surface area contributed by atoms with Crippen LogP contribution in [0.3, 0.4) is 0 Å². The van der Waals surface area contributed by atoms with E-state index in [1.54, 1.807) is 0 Å². The highest BCUT2D eigenvalue weighted by atomic mass is 16.5. The summed E-state index contributed by atoms with van der Waals surface area (Å²) in [5, 5.41) is 14.2. The summed E-state index contributed by atoms with van der Waals surface area (Å²) in [5.74, 6) is 0.712. The zero-order valence-corrected chi connectivity index (χ0v) is 18.1. The van der Waals surface area contributed by atoms with Gasteiger partial charge in [0.1, 0.15) is 12.4 Å². The van der Waals surface area contributed by atoms with E-state index in [0.29, 0.717) is 18.9 Å². The summed E-state index contributed by atoms with van der Waals surface area (Å²) < 4.78 is 5.99. The molecule has 0 aliphatic carbocycles. The summed E-state index contributed by atoms with van der Waals surface area (Å²) in [6.45, 7) is 10.8. The standard InChI is InChI=1S/C28H31NO2/c1-4-24-16-15-23(18-25(24)5-2)17-21(3)29-19-27(30)26-13-9-10-14-28(26)31-20-22-11-7-6-8-12-22/h4-16,18,21,27,29-30H,1-2,17,19-20H2,3H3. The molecule has 0 fully saturated rings. The van der Waals surface area contributed by atoms with E-state index < -0.39 is 6.10 Å². The molecule has 160 valence electrons. The summed E-state index contributed by atoms with van der Waals surface area (Å²) in [5.41, 5.74) is 5.29. The molecule has 0 aromatic heterocycles. The highest BCUT2D eigenvalue weighted by molar-refractivity contribution is 5.64. The summed E-state index contributed by atoms with van der Waals surface area (Å²) in [6.07, 6.45) is 3.91. The Morgan fingerprint density at radius 1 is 0.903 bits per heavy atom. The van der Waals surface area contributed by atoms with Crippen molar-refractivity contribution in [3.63, 3.8) is 0 Å². The topological polar surface area (TPSA) is 41.5 Å². The van der Waals surface area contributed by atoms with E-state index in [9.17, 15) is 5.11 Å². The van der Waals surface area contributed by atoms with Crippen LogP contribution in [0.5, 0.6) is 5.75 Å². The highest BCUT2D eigenvalue weighted by Gasteiger charge is 2.15. The van der Waals surface area contributed by atoms with Gasteiger partial charge >= 0.3 is 0 Å². The SMILES string of the molecule is C=Cc1ccc(CC(C)NCC(O)c2ccccc2OCc2ccccc2)cc1C=C. The molecule has 0 saturated heterocycles. The van der Waals surface area contributed by atoms with Crippen LogP contribution in [0, 0.1) is 0 Å². The molecule has 3 heteroatoms. The van der Waals surface area contributed by atoms with Crippen molar-refractivity contribution >= 4 is 12.2 Å². The highest BCUT2D eigenvalue weighted by Crippen LogP contribution is 2.26. The Hall–Kier alpha value is -3.14. The lowest BCUT2D eigenvalue weighted by molar-refractivity contribution is 0.163. The van der Waals surface area contributed by atoms with Gasteiger partial charge in [-0.25, -0.2) is 0 Å². The predicted octanol–water partition coefficient (Wildman–Crippen LogP) is 5.81. The van der Waals surface area contributed by atoms with Crippen molar-refractivity contribution in [3.8, 4) is 5.75 Å². The molecular weight excluding hydrogens is 382 g/mol. The van der Waals surface area contributed by atoms with E-state index in [0.717, 1.165) is 28.7 Å². The van der Waals surface area contributed by atoms with Crippen LogP contribution in [0.15, 0.2) is 86.0 Å². The molecule has 0 spiro atoms. The molecule has 0 aliphatic heterocycles. The average Bonchev–Trinajstić information content (AvgIpc) is 2.82. The van der Waals surface area contributed by atoms with Gasteiger partial charge in [-0.05, 0) is 41.7 Å². The van der Waals surface area contributed by atoms with Crippen LogP contribution in [0.2, 0.25) is 0 Å². The molecule has 0 heterocycles. The van der Waals surface area contributed by atoms with Crippen LogP contribution >= 0.6 is 0 Å². The Morgan fingerprint density at radius 3 is 2.35 bits per heavy atom. The number of hydrogen-bond donors (Lipinski definition) is 2. The number of para-hydroxylation sites is 1. The molecule has 0 amide bonds. The molecule has 0 saturated carbocycles. The van der Waals surface area contributed by atoms with Crippen molar-refractivity contribution < 1.29 is 9.84 Å². The van der Waals surface area contributed by atoms with Crippen molar-refractivity contribution in [2.75, 3.05) is 6.54 Å². The minimum atomic E-state index is -0.652. The molecular formula is C28H31NO2. The number of rotatable bonds is 11. The minimum absolute atomic E-state index is 0.208. The summed E-state index contributed by atoms with van der Waals surface area (Å²) >= 11 is 0. The quantitative estimate of drug-likeness (QED) is 0.417. The number of aliphatic hydroxyl groups is 1. The van der Waals surface area contributed by atoms with Gasteiger partial charge in [0.25, 0.3) is 0 Å². The van der Waals surface area contributed by atoms with Crippen molar-refractivity contribution in [2.24, 2.45) is 0 Å². The Morgan fingerprint density at radius 2 is 1.61 bits per heavy atom. The van der Waals surface area contributed by atoms with Crippen molar-refractivity contribution in [1.82, 2.24) is 5.32 Å². The van der Waals surface area contributed by atoms with Gasteiger partial charge in [-0.2, -0.15) is 0 Å². The van der Waals surface area contributed by atoms with Gasteiger partial charge in [-0.1, -0.05) is 92.0 Å².